The van der Waals surface area contributed by atoms with Crippen molar-refractivity contribution in [3.63, 3.8) is 0 Å². The normalized spacial score (nSPS) is 16.8. The van der Waals surface area contributed by atoms with Crippen molar-refractivity contribution in [2.24, 2.45) is 0 Å². The largest absolute Gasteiger partial charge is 0.289 e. The Morgan fingerprint density at radius 2 is 0.827 bits per heavy atom. The fraction of sp³-hybridized carbons (Fsp3) is 0.174. The molecule has 6 heterocycles. The molecule has 12 heteroatoms. The molecule has 0 spiro atoms. The molecular formula is C92H60N4O2S6. The average Bonchev–Trinajstić information content (AvgIpc) is 1.48. The van der Waals surface area contributed by atoms with Gasteiger partial charge >= 0.3 is 0 Å². The molecule has 104 heavy (non-hydrogen) atoms. The number of nitriles is 3. The Bertz CT molecular complexity index is 5850. The van der Waals surface area contributed by atoms with Crippen molar-refractivity contribution in [2.75, 3.05) is 0 Å². The summed E-state index contributed by atoms with van der Waals surface area (Å²) in [6.07, 6.45) is 15.0. The van der Waals surface area contributed by atoms with Gasteiger partial charge in [-0.25, -0.2) is 10.1 Å². The van der Waals surface area contributed by atoms with E-state index in [1.807, 2.05) is 71.2 Å². The van der Waals surface area contributed by atoms with E-state index in [0.29, 0.717) is 44.5 Å². The molecule has 0 radical (unpaired) electrons. The summed E-state index contributed by atoms with van der Waals surface area (Å²) in [4.78, 5) is 39.3. The first-order chi connectivity index (χ1) is 51.1. The zero-order valence-electron chi connectivity index (χ0n) is 57.3. The van der Waals surface area contributed by atoms with E-state index in [1.54, 1.807) is 71.3 Å². The van der Waals surface area contributed by atoms with Crippen LogP contribution in [0, 0.1) is 87.9 Å². The topological polar surface area (TPSA) is 110 Å². The number of hydrogen-bond donors (Lipinski definition) is 0. The lowest BCUT2D eigenvalue weighted by molar-refractivity contribution is 0.103. The van der Waals surface area contributed by atoms with Crippen molar-refractivity contribution in [3.05, 3.63) is 290 Å². The molecule has 0 fully saturated rings. The van der Waals surface area contributed by atoms with Crippen LogP contribution >= 0.6 is 68.0 Å². The first-order valence-electron chi connectivity index (χ1n) is 34.8. The van der Waals surface area contributed by atoms with Crippen LogP contribution < -0.4 is 0 Å². The highest BCUT2D eigenvalue weighted by Crippen LogP contribution is 2.72. The zero-order valence-corrected chi connectivity index (χ0v) is 62.2. The van der Waals surface area contributed by atoms with Crippen LogP contribution in [0.25, 0.3) is 75.9 Å². The van der Waals surface area contributed by atoms with Gasteiger partial charge in [-0.2, -0.15) is 10.5 Å². The highest BCUT2D eigenvalue weighted by molar-refractivity contribution is 7.37. The summed E-state index contributed by atoms with van der Waals surface area (Å²) in [5.74, 6) is 24.1. The Balaban J connectivity index is 0.987. The third-order valence-electron chi connectivity index (χ3n) is 20.4. The minimum atomic E-state index is -0.904. The fourth-order valence-corrected chi connectivity index (χ4v) is 24.7. The van der Waals surface area contributed by atoms with Crippen molar-refractivity contribution < 1.29 is 9.59 Å². The number of ketones is 2. The number of rotatable bonds is 16. The molecule has 6 aromatic heterocycles. The molecule has 2 unspecified atom stereocenters. The molecule has 0 aliphatic heterocycles. The number of nitrogens with zero attached hydrogens (tertiary/aromatic N) is 4. The summed E-state index contributed by atoms with van der Waals surface area (Å²) < 4.78 is 6.76. The number of thiophene rings is 6. The van der Waals surface area contributed by atoms with E-state index < -0.39 is 10.8 Å². The number of aryl methyl sites for hydroxylation is 2. The molecule has 0 amide bonds. The summed E-state index contributed by atoms with van der Waals surface area (Å²) in [6, 6.07) is 61.7. The van der Waals surface area contributed by atoms with Crippen LogP contribution in [-0.4, -0.2) is 11.6 Å². The Morgan fingerprint density at radius 1 is 0.442 bits per heavy atom. The van der Waals surface area contributed by atoms with E-state index in [0.717, 1.165) is 100 Å². The van der Waals surface area contributed by atoms with E-state index in [-0.39, 0.29) is 22.8 Å². The molecule has 0 N–H and O–H groups in total. The Kier molecular flexibility index (Phi) is 18.0. The summed E-state index contributed by atoms with van der Waals surface area (Å²) in [5, 5.41) is 31.2. The smallest absolute Gasteiger partial charge is 0.270 e. The van der Waals surface area contributed by atoms with Gasteiger partial charge in [-0.3, -0.25) is 9.59 Å². The predicted molar refractivity (Wildman–Crippen MR) is 432 cm³/mol. The van der Waals surface area contributed by atoms with Crippen molar-refractivity contribution >= 4 is 131 Å². The van der Waals surface area contributed by atoms with Crippen LogP contribution in [0.4, 0.5) is 0 Å². The number of carbonyl (C=O) groups excluding carboxylic acids is 2. The van der Waals surface area contributed by atoms with Gasteiger partial charge in [0.25, 0.3) is 5.70 Å². The number of hydrogen-bond acceptors (Lipinski definition) is 11. The molecule has 4 aliphatic carbocycles. The number of benzene rings is 6. The van der Waals surface area contributed by atoms with E-state index >= 15 is 0 Å². The van der Waals surface area contributed by atoms with Crippen LogP contribution in [0.15, 0.2) is 180 Å². The van der Waals surface area contributed by atoms with Gasteiger partial charge in [0.1, 0.15) is 17.7 Å². The van der Waals surface area contributed by atoms with Gasteiger partial charge in [-0.1, -0.05) is 197 Å². The molecule has 0 saturated carbocycles. The maximum Gasteiger partial charge on any atom is 0.270 e. The summed E-state index contributed by atoms with van der Waals surface area (Å²) in [6.45, 7) is 16.2. The minimum absolute atomic E-state index is 0.1000. The van der Waals surface area contributed by atoms with Crippen LogP contribution in [-0.2, 0) is 23.7 Å². The molecule has 16 rings (SSSR count). The highest BCUT2D eigenvalue weighted by Gasteiger charge is 2.56. The molecule has 6 aromatic carbocycles. The van der Waals surface area contributed by atoms with Gasteiger partial charge in [0.15, 0.2) is 11.6 Å². The minimum Gasteiger partial charge on any atom is -0.289 e. The number of unbranched alkanes of at least 4 members (excludes halogenated alkanes) is 6. The van der Waals surface area contributed by atoms with Gasteiger partial charge in [0.05, 0.1) is 61.8 Å². The van der Waals surface area contributed by atoms with E-state index in [9.17, 15) is 25.4 Å². The van der Waals surface area contributed by atoms with E-state index in [2.05, 4.69) is 193 Å². The molecule has 0 bridgehead atoms. The summed E-state index contributed by atoms with van der Waals surface area (Å²) in [5.41, 5.74) is 15.1. The molecule has 496 valence electrons. The van der Waals surface area contributed by atoms with Crippen LogP contribution in [0.1, 0.15) is 187 Å². The number of fused-ring (bicyclic) bond motifs is 15. The van der Waals surface area contributed by atoms with E-state index in [4.69, 9.17) is 6.57 Å². The van der Waals surface area contributed by atoms with Gasteiger partial charge in [-0.15, -0.1) is 68.0 Å². The molecule has 0 saturated heterocycles. The Labute approximate surface area is 629 Å². The molecular weight excluding hydrogens is 1390 g/mol. The van der Waals surface area contributed by atoms with Gasteiger partial charge in [-0.05, 0) is 156 Å². The third-order valence-corrected chi connectivity index (χ3v) is 28.1. The number of Topliss-reactive ketones (excluding diaryl/α,β-unsaturated/α-hetero) is 2. The molecule has 12 aromatic rings. The second-order valence-electron chi connectivity index (χ2n) is 26.3. The van der Waals surface area contributed by atoms with Gasteiger partial charge in [0, 0.05) is 86.0 Å². The van der Waals surface area contributed by atoms with Crippen LogP contribution in [0.5, 0.6) is 0 Å². The fourth-order valence-electron chi connectivity index (χ4n) is 15.9. The van der Waals surface area contributed by atoms with E-state index in [1.165, 1.54) is 88.0 Å². The van der Waals surface area contributed by atoms with Crippen molar-refractivity contribution in [1.82, 2.24) is 0 Å². The lowest BCUT2D eigenvalue weighted by Crippen LogP contribution is -2.29. The standard InChI is InChI=1S/C92H60N4O2S6/c1-6-10-14-18-26-57-36-44-62(45-37-57)91(60-40-32-55(33-41-60)24-16-12-8-3)77-83-73(50-64(99-83)48-70-75(59(52-93)53-94)66-28-20-22-30-68(66)81(70)97)101-85(77)87-79(91)89-90(103-87)80-88(104-89)86-78(84-74(102-86)51-65(100-84)49-71-76(72(54-95)96-5)67-29-21-23-31-69(67)82(71)98)92(80,61-42-34-56(35-43-61)25-17-13-9-4)63-46-38-58(39-47-63)27-19-15-11-7-2/h20-23,28-51H,6-7,10-11,14-15,18-19,26-27H2,1-4H3/b70-48-,71-49-,76-72+. The number of carbonyl (C=O) groups is 2. The van der Waals surface area contributed by atoms with Crippen molar-refractivity contribution in [2.45, 2.75) is 103 Å². The monoisotopic (exact) mass is 1440 g/mol. The van der Waals surface area contributed by atoms with Gasteiger partial charge < -0.3 is 0 Å². The van der Waals surface area contributed by atoms with Crippen molar-refractivity contribution in [3.8, 4) is 85.1 Å². The number of allylic oxidation sites excluding steroid dienone is 6. The molecule has 6 nitrogen and oxygen atoms in total. The van der Waals surface area contributed by atoms with Crippen molar-refractivity contribution in [1.29, 1.82) is 15.8 Å². The van der Waals surface area contributed by atoms with Gasteiger partial charge in [0.2, 0.25) is 0 Å². The molecule has 4 aliphatic rings. The summed E-state index contributed by atoms with van der Waals surface area (Å²) >= 11 is 10.6. The lowest BCUT2D eigenvalue weighted by Gasteiger charge is -2.34. The average molecular weight is 1450 g/mol. The first-order valence-corrected chi connectivity index (χ1v) is 39.7. The molecule has 2 atom stereocenters. The van der Waals surface area contributed by atoms with Crippen LogP contribution in [0.3, 0.4) is 0 Å². The van der Waals surface area contributed by atoms with Crippen LogP contribution in [0.2, 0.25) is 0 Å². The Hall–Kier alpha value is -11.2. The zero-order chi connectivity index (χ0) is 71.4. The summed E-state index contributed by atoms with van der Waals surface area (Å²) in [7, 11) is 0. The third kappa shape index (κ3) is 10.8. The first kappa shape index (κ1) is 67.3. The second kappa shape index (κ2) is 27.9. The maximum atomic E-state index is 14.6. The second-order valence-corrected chi connectivity index (χ2v) is 32.6. The maximum absolute atomic E-state index is 14.6. The lowest BCUT2D eigenvalue weighted by atomic mass is 9.67. The Morgan fingerprint density at radius 3 is 1.22 bits per heavy atom. The quantitative estimate of drug-likeness (QED) is 0.0315. The predicted octanol–water partition coefficient (Wildman–Crippen LogP) is 23.8. The SMILES string of the molecule is [C-]#[N+]/C(C#N)=C1/C(=C/c2cc3sc4c(c3s2)C(c2ccc(C#CC#CC)cc2)(c2ccc(CCCCCC)cc2)c2c-4sc3c4c(sc23)-c2sc3cc(/C=C5\C(=O)c6ccccc6C5=C(C#N)C#N)sc3c2C4(c2ccc(C#CC#CC)cc2)c2ccc(CCCCCC)cc2)C(=O)c2ccccc21. The highest BCUT2D eigenvalue weighted by atomic mass is 32.1.